The molecule has 0 aromatic carbocycles. The van der Waals surface area contributed by atoms with Crippen molar-refractivity contribution in [3.8, 4) is 0 Å². The summed E-state index contributed by atoms with van der Waals surface area (Å²) < 4.78 is 5.25. The van der Waals surface area contributed by atoms with E-state index in [0.717, 1.165) is 19.3 Å². The molecule has 1 amide bonds. The topological polar surface area (TPSA) is 58.6 Å². The fourth-order valence-electron chi connectivity index (χ4n) is 2.43. The first kappa shape index (κ1) is 14.3. The summed E-state index contributed by atoms with van der Waals surface area (Å²) in [4.78, 5) is 11.7. The highest BCUT2D eigenvalue weighted by Gasteiger charge is 2.32. The molecule has 0 saturated heterocycles. The molecule has 17 heavy (non-hydrogen) atoms. The zero-order chi connectivity index (χ0) is 13.1. The Bertz CT molecular complexity index is 260. The summed E-state index contributed by atoms with van der Waals surface area (Å²) in [5.74, 6) is 0.555. The number of hydrogen-bond acceptors (Lipinski definition) is 3. The van der Waals surface area contributed by atoms with Gasteiger partial charge in [-0.2, -0.15) is 0 Å². The summed E-state index contributed by atoms with van der Waals surface area (Å²) in [6, 6.07) is 0.0311. The van der Waals surface area contributed by atoms with Crippen molar-refractivity contribution < 1.29 is 14.6 Å². The fraction of sp³-hybridized carbons (Fsp3) is 0.923. The minimum absolute atomic E-state index is 0.0311. The highest BCUT2D eigenvalue weighted by molar-refractivity contribution is 5.68. The van der Waals surface area contributed by atoms with Gasteiger partial charge >= 0.3 is 6.09 Å². The van der Waals surface area contributed by atoms with Crippen LogP contribution >= 0.6 is 0 Å². The van der Waals surface area contributed by atoms with Crippen molar-refractivity contribution in [3.05, 3.63) is 0 Å². The molecule has 1 aliphatic carbocycles. The largest absolute Gasteiger partial charge is 0.444 e. The predicted molar refractivity (Wildman–Crippen MR) is 66.7 cm³/mol. The standard InChI is InChI=1S/C13H25NO3/c1-9-6-5-7-10(8-15)11(9)14-12(16)17-13(2,3)4/h9-11,15H,5-8H2,1-4H3,(H,14,16)/t9-,10-,11+/m1/s1. The molecule has 4 nitrogen and oxygen atoms in total. The highest BCUT2D eigenvalue weighted by Crippen LogP contribution is 2.29. The first-order valence-corrected chi connectivity index (χ1v) is 6.44. The fourth-order valence-corrected chi connectivity index (χ4v) is 2.43. The molecule has 0 spiro atoms. The molecule has 2 N–H and O–H groups in total. The van der Waals surface area contributed by atoms with E-state index in [1.54, 1.807) is 0 Å². The number of amides is 1. The van der Waals surface area contributed by atoms with E-state index in [4.69, 9.17) is 4.74 Å². The van der Waals surface area contributed by atoms with Crippen LogP contribution in [0.2, 0.25) is 0 Å². The van der Waals surface area contributed by atoms with E-state index >= 15 is 0 Å². The van der Waals surface area contributed by atoms with Gasteiger partial charge in [0, 0.05) is 18.6 Å². The minimum atomic E-state index is -0.475. The summed E-state index contributed by atoms with van der Waals surface area (Å²) in [5, 5.41) is 12.2. The molecule has 3 atom stereocenters. The van der Waals surface area contributed by atoms with Gasteiger partial charge < -0.3 is 15.2 Å². The molecule has 0 aromatic rings. The summed E-state index contributed by atoms with van der Waals surface area (Å²) in [6.07, 6.45) is 2.81. The number of alkyl carbamates (subject to hydrolysis) is 1. The second-order valence-electron chi connectivity index (χ2n) is 6.02. The molecule has 0 bridgehead atoms. The van der Waals surface area contributed by atoms with Crippen molar-refractivity contribution in [1.29, 1.82) is 0 Å². The molecule has 0 heterocycles. The SMILES string of the molecule is C[C@@H]1CCC[C@H](CO)[C@H]1NC(=O)OC(C)(C)C. The van der Waals surface area contributed by atoms with Crippen LogP contribution in [-0.2, 0) is 4.74 Å². The number of rotatable bonds is 2. The van der Waals surface area contributed by atoms with Crippen LogP contribution in [0.15, 0.2) is 0 Å². The molecule has 0 aromatic heterocycles. The van der Waals surface area contributed by atoms with Gasteiger partial charge in [-0.15, -0.1) is 0 Å². The summed E-state index contributed by atoms with van der Waals surface area (Å²) in [5.41, 5.74) is -0.475. The molecule has 1 rings (SSSR count). The molecule has 1 aliphatic rings. The minimum Gasteiger partial charge on any atom is -0.444 e. The van der Waals surface area contributed by atoms with Crippen LogP contribution in [0.3, 0.4) is 0 Å². The Balaban J connectivity index is 2.55. The lowest BCUT2D eigenvalue weighted by molar-refractivity contribution is 0.0399. The average molecular weight is 243 g/mol. The van der Waals surface area contributed by atoms with Gasteiger partial charge in [0.15, 0.2) is 0 Å². The molecule has 4 heteroatoms. The number of carbonyl (C=O) groups is 1. The van der Waals surface area contributed by atoms with Crippen molar-refractivity contribution >= 4 is 6.09 Å². The van der Waals surface area contributed by atoms with Gasteiger partial charge in [0.05, 0.1) is 0 Å². The van der Waals surface area contributed by atoms with Gasteiger partial charge in [0.2, 0.25) is 0 Å². The van der Waals surface area contributed by atoms with Gasteiger partial charge in [-0.05, 0) is 39.5 Å². The van der Waals surface area contributed by atoms with Crippen LogP contribution in [0.5, 0.6) is 0 Å². The molecule has 1 fully saturated rings. The highest BCUT2D eigenvalue weighted by atomic mass is 16.6. The Morgan fingerprint density at radius 3 is 2.59 bits per heavy atom. The second-order valence-corrected chi connectivity index (χ2v) is 6.02. The molecule has 0 aliphatic heterocycles. The molecule has 0 radical (unpaired) electrons. The van der Waals surface area contributed by atoms with E-state index in [1.807, 2.05) is 20.8 Å². The molecular formula is C13H25NO3. The Morgan fingerprint density at radius 2 is 2.06 bits per heavy atom. The predicted octanol–water partition coefficient (Wildman–Crippen LogP) is 2.31. The average Bonchev–Trinajstić information content (AvgIpc) is 2.18. The maximum Gasteiger partial charge on any atom is 0.407 e. The van der Waals surface area contributed by atoms with Gasteiger partial charge in [-0.25, -0.2) is 4.79 Å². The van der Waals surface area contributed by atoms with Crippen molar-refractivity contribution in [2.24, 2.45) is 11.8 Å². The summed E-state index contributed by atoms with van der Waals surface area (Å²) in [7, 11) is 0. The zero-order valence-corrected chi connectivity index (χ0v) is 11.3. The Hall–Kier alpha value is -0.770. The van der Waals surface area contributed by atoms with E-state index < -0.39 is 5.60 Å². The molecule has 1 saturated carbocycles. The van der Waals surface area contributed by atoms with Crippen LogP contribution in [0.4, 0.5) is 4.79 Å². The van der Waals surface area contributed by atoms with Crippen LogP contribution in [0.25, 0.3) is 0 Å². The first-order chi connectivity index (χ1) is 7.83. The third kappa shape index (κ3) is 4.54. The monoisotopic (exact) mass is 243 g/mol. The maximum absolute atomic E-state index is 11.7. The second kappa shape index (κ2) is 5.71. The Morgan fingerprint density at radius 1 is 1.41 bits per heavy atom. The number of aliphatic hydroxyl groups excluding tert-OH is 1. The zero-order valence-electron chi connectivity index (χ0n) is 11.3. The lowest BCUT2D eigenvalue weighted by atomic mass is 9.78. The van der Waals surface area contributed by atoms with Crippen molar-refractivity contribution in [1.82, 2.24) is 5.32 Å². The molecule has 100 valence electrons. The lowest BCUT2D eigenvalue weighted by Gasteiger charge is -2.36. The number of nitrogens with one attached hydrogen (secondary N) is 1. The van der Waals surface area contributed by atoms with Crippen LogP contribution in [0, 0.1) is 11.8 Å². The van der Waals surface area contributed by atoms with E-state index in [-0.39, 0.29) is 24.7 Å². The van der Waals surface area contributed by atoms with Gasteiger partial charge in [-0.1, -0.05) is 13.3 Å². The van der Waals surface area contributed by atoms with E-state index in [0.29, 0.717) is 5.92 Å². The quantitative estimate of drug-likeness (QED) is 0.782. The number of hydrogen-bond donors (Lipinski definition) is 2. The maximum atomic E-state index is 11.7. The number of carbonyl (C=O) groups excluding carboxylic acids is 1. The lowest BCUT2D eigenvalue weighted by Crippen LogP contribution is -2.49. The van der Waals surface area contributed by atoms with Gasteiger partial charge in [0.1, 0.15) is 5.60 Å². The van der Waals surface area contributed by atoms with Crippen molar-refractivity contribution in [3.63, 3.8) is 0 Å². The Kier molecular flexibility index (Phi) is 4.80. The molecular weight excluding hydrogens is 218 g/mol. The van der Waals surface area contributed by atoms with Crippen molar-refractivity contribution in [2.45, 2.75) is 58.6 Å². The third-order valence-electron chi connectivity index (χ3n) is 3.27. The third-order valence-corrected chi connectivity index (χ3v) is 3.27. The summed E-state index contributed by atoms with van der Waals surface area (Å²) in [6.45, 7) is 7.79. The normalized spacial score (nSPS) is 29.8. The number of aliphatic hydroxyl groups is 1. The summed E-state index contributed by atoms with van der Waals surface area (Å²) >= 11 is 0. The van der Waals surface area contributed by atoms with E-state index in [1.165, 1.54) is 0 Å². The van der Waals surface area contributed by atoms with Crippen LogP contribution in [0.1, 0.15) is 47.0 Å². The van der Waals surface area contributed by atoms with Crippen molar-refractivity contribution in [2.75, 3.05) is 6.61 Å². The van der Waals surface area contributed by atoms with E-state index in [2.05, 4.69) is 12.2 Å². The van der Waals surface area contributed by atoms with Gasteiger partial charge in [0.25, 0.3) is 0 Å². The van der Waals surface area contributed by atoms with Crippen LogP contribution < -0.4 is 5.32 Å². The first-order valence-electron chi connectivity index (χ1n) is 6.44. The van der Waals surface area contributed by atoms with Crippen LogP contribution in [-0.4, -0.2) is 29.4 Å². The number of ether oxygens (including phenoxy) is 1. The molecule has 0 unspecified atom stereocenters. The smallest absolute Gasteiger partial charge is 0.407 e. The van der Waals surface area contributed by atoms with E-state index in [9.17, 15) is 9.90 Å². The van der Waals surface area contributed by atoms with Gasteiger partial charge in [-0.3, -0.25) is 0 Å². The Labute approximate surface area is 104 Å².